The zero-order valence-electron chi connectivity index (χ0n) is 18.9. The van der Waals surface area contributed by atoms with Gasteiger partial charge < -0.3 is 5.32 Å². The Morgan fingerprint density at radius 1 is 1.07 bits per heavy atom. The van der Waals surface area contributed by atoms with Crippen LogP contribution in [0.3, 0.4) is 0 Å². The number of fused-ring (bicyclic) bond motifs is 1. The third kappa shape index (κ3) is 4.10. The maximum Gasteiger partial charge on any atom is 0.163 e. The molecule has 0 fully saturated rings. The minimum atomic E-state index is 0.307. The molecule has 2 unspecified atom stereocenters. The van der Waals surface area contributed by atoms with Crippen molar-refractivity contribution in [2.24, 2.45) is 11.8 Å². The fourth-order valence-electron chi connectivity index (χ4n) is 4.90. The Morgan fingerprint density at radius 2 is 1.90 bits per heavy atom. The second-order valence-corrected chi connectivity index (χ2v) is 9.59. The molecule has 1 N–H and O–H groups in total. The van der Waals surface area contributed by atoms with Crippen LogP contribution in [0.5, 0.6) is 0 Å². The van der Waals surface area contributed by atoms with Crippen molar-refractivity contribution in [1.29, 1.82) is 0 Å². The Hall–Kier alpha value is -2.35. The number of hydrogen-bond donors (Lipinski definition) is 1. The highest BCUT2D eigenvalue weighted by Crippen LogP contribution is 2.39. The summed E-state index contributed by atoms with van der Waals surface area (Å²) in [4.78, 5) is 12.5. The number of nitrogens with one attached hydrogen (secondary N) is 1. The standard InChI is InChI=1S/C28H35NO/c1-18(2)19(3)7-5-8-21-12-13-23-24(14-15-27(23)30)28(21)25-17-22(11-10-20(25)4)26-9-6-16-29-26/h6,10-13,16-19,26,29H,5,7-9,14-15H2,1-4H3. The highest BCUT2D eigenvalue weighted by Gasteiger charge is 2.26. The molecule has 0 amide bonds. The van der Waals surface area contributed by atoms with Crippen molar-refractivity contribution in [1.82, 2.24) is 5.32 Å². The first kappa shape index (κ1) is 20.9. The van der Waals surface area contributed by atoms with E-state index in [0.29, 0.717) is 18.2 Å². The van der Waals surface area contributed by atoms with Gasteiger partial charge in [0.15, 0.2) is 5.78 Å². The van der Waals surface area contributed by atoms with Gasteiger partial charge in [0.05, 0.1) is 6.04 Å². The summed E-state index contributed by atoms with van der Waals surface area (Å²) in [5.74, 6) is 1.78. The van der Waals surface area contributed by atoms with Crippen LogP contribution in [0.25, 0.3) is 11.1 Å². The lowest BCUT2D eigenvalue weighted by Gasteiger charge is -2.20. The molecule has 1 aliphatic carbocycles. The second kappa shape index (κ2) is 8.79. The maximum absolute atomic E-state index is 12.5. The molecule has 2 nitrogen and oxygen atoms in total. The van der Waals surface area contributed by atoms with Crippen LogP contribution in [-0.4, -0.2) is 5.78 Å². The van der Waals surface area contributed by atoms with Crippen molar-refractivity contribution in [2.75, 3.05) is 0 Å². The van der Waals surface area contributed by atoms with E-state index in [9.17, 15) is 4.79 Å². The first-order chi connectivity index (χ1) is 14.5. The molecule has 0 saturated heterocycles. The number of Topliss-reactive ketones (excluding diaryl/α,β-unsaturated/α-hetero) is 1. The molecular weight excluding hydrogens is 366 g/mol. The molecule has 0 saturated carbocycles. The van der Waals surface area contributed by atoms with Gasteiger partial charge in [0.25, 0.3) is 0 Å². The van der Waals surface area contributed by atoms with E-state index in [1.807, 2.05) is 0 Å². The Kier molecular flexibility index (Phi) is 6.13. The summed E-state index contributed by atoms with van der Waals surface area (Å²) in [7, 11) is 0. The molecule has 30 heavy (non-hydrogen) atoms. The van der Waals surface area contributed by atoms with Gasteiger partial charge in [-0.15, -0.1) is 0 Å². The van der Waals surface area contributed by atoms with E-state index in [-0.39, 0.29) is 0 Å². The molecule has 2 aromatic carbocycles. The lowest BCUT2D eigenvalue weighted by molar-refractivity contribution is 0.0994. The summed E-state index contributed by atoms with van der Waals surface area (Å²) < 4.78 is 0. The summed E-state index contributed by atoms with van der Waals surface area (Å²) in [5.41, 5.74) is 8.95. The van der Waals surface area contributed by atoms with Crippen LogP contribution in [0.15, 0.2) is 42.6 Å². The van der Waals surface area contributed by atoms with Crippen LogP contribution < -0.4 is 5.32 Å². The Balaban J connectivity index is 1.72. The molecule has 4 rings (SSSR count). The van der Waals surface area contributed by atoms with Gasteiger partial charge in [0.2, 0.25) is 0 Å². The fourth-order valence-corrected chi connectivity index (χ4v) is 4.90. The quantitative estimate of drug-likeness (QED) is 0.543. The highest BCUT2D eigenvalue weighted by molar-refractivity contribution is 6.03. The average Bonchev–Trinajstić information content (AvgIpc) is 3.39. The Bertz CT molecular complexity index is 961. The SMILES string of the molecule is Cc1ccc(C2CC=CN2)cc1-c1c(CCCC(C)C(C)C)ccc2c1CCC2=O. The van der Waals surface area contributed by atoms with E-state index in [4.69, 9.17) is 0 Å². The van der Waals surface area contributed by atoms with Crippen molar-refractivity contribution < 1.29 is 4.79 Å². The Labute approximate surface area is 181 Å². The number of aryl methyl sites for hydroxylation is 2. The van der Waals surface area contributed by atoms with Gasteiger partial charge in [-0.25, -0.2) is 0 Å². The van der Waals surface area contributed by atoms with Crippen molar-refractivity contribution in [3.05, 3.63) is 70.4 Å². The molecule has 2 aromatic rings. The van der Waals surface area contributed by atoms with Crippen molar-refractivity contribution in [2.45, 2.75) is 72.3 Å². The lowest BCUT2D eigenvalue weighted by atomic mass is 9.85. The molecule has 0 radical (unpaired) electrons. The number of rotatable bonds is 7. The predicted octanol–water partition coefficient (Wildman–Crippen LogP) is 6.95. The number of carbonyl (C=O) groups is 1. The molecule has 0 spiro atoms. The number of hydrogen-bond acceptors (Lipinski definition) is 2. The largest absolute Gasteiger partial charge is 0.384 e. The monoisotopic (exact) mass is 401 g/mol. The van der Waals surface area contributed by atoms with Gasteiger partial charge in [0.1, 0.15) is 0 Å². The summed E-state index contributed by atoms with van der Waals surface area (Å²) in [5, 5.41) is 3.47. The average molecular weight is 402 g/mol. The van der Waals surface area contributed by atoms with Crippen LogP contribution in [0.1, 0.15) is 85.1 Å². The van der Waals surface area contributed by atoms with Gasteiger partial charge in [-0.2, -0.15) is 0 Å². The maximum atomic E-state index is 12.5. The van der Waals surface area contributed by atoms with E-state index in [0.717, 1.165) is 36.7 Å². The first-order valence-electron chi connectivity index (χ1n) is 11.7. The van der Waals surface area contributed by atoms with E-state index >= 15 is 0 Å². The highest BCUT2D eigenvalue weighted by atomic mass is 16.1. The lowest BCUT2D eigenvalue weighted by Crippen LogP contribution is -2.10. The summed E-state index contributed by atoms with van der Waals surface area (Å²) in [6, 6.07) is 11.6. The normalized spacial score (nSPS) is 18.7. The molecule has 1 heterocycles. The van der Waals surface area contributed by atoms with Gasteiger partial charge in [-0.05, 0) is 90.1 Å². The van der Waals surface area contributed by atoms with E-state index in [1.165, 1.54) is 46.2 Å². The van der Waals surface area contributed by atoms with Crippen LogP contribution in [-0.2, 0) is 12.8 Å². The van der Waals surface area contributed by atoms with Gasteiger partial charge in [-0.3, -0.25) is 4.79 Å². The molecule has 0 aromatic heterocycles. The van der Waals surface area contributed by atoms with Gasteiger partial charge in [-0.1, -0.05) is 57.5 Å². The number of benzene rings is 2. The molecular formula is C28H35NO. The summed E-state index contributed by atoms with van der Waals surface area (Å²) in [6.45, 7) is 9.21. The van der Waals surface area contributed by atoms with Crippen molar-refractivity contribution in [3.63, 3.8) is 0 Å². The van der Waals surface area contributed by atoms with Gasteiger partial charge >= 0.3 is 0 Å². The fraction of sp³-hybridized carbons (Fsp3) is 0.464. The van der Waals surface area contributed by atoms with Crippen LogP contribution >= 0.6 is 0 Å². The second-order valence-electron chi connectivity index (χ2n) is 9.59. The molecule has 2 heteroatoms. The summed E-state index contributed by atoms with van der Waals surface area (Å²) >= 11 is 0. The minimum Gasteiger partial charge on any atom is -0.384 e. The zero-order valence-corrected chi connectivity index (χ0v) is 18.9. The third-order valence-electron chi connectivity index (χ3n) is 7.27. The van der Waals surface area contributed by atoms with E-state index in [1.54, 1.807) is 0 Å². The molecule has 2 aliphatic rings. The van der Waals surface area contributed by atoms with E-state index in [2.05, 4.69) is 75.6 Å². The van der Waals surface area contributed by atoms with E-state index < -0.39 is 0 Å². The van der Waals surface area contributed by atoms with Crippen LogP contribution in [0, 0.1) is 18.8 Å². The van der Waals surface area contributed by atoms with Crippen molar-refractivity contribution in [3.8, 4) is 11.1 Å². The summed E-state index contributed by atoms with van der Waals surface area (Å²) in [6.07, 6.45) is 10.4. The van der Waals surface area contributed by atoms with Crippen LogP contribution in [0.4, 0.5) is 0 Å². The van der Waals surface area contributed by atoms with Crippen LogP contribution in [0.2, 0.25) is 0 Å². The van der Waals surface area contributed by atoms with Crippen molar-refractivity contribution >= 4 is 5.78 Å². The molecule has 0 bridgehead atoms. The topological polar surface area (TPSA) is 29.1 Å². The Morgan fingerprint density at radius 3 is 2.63 bits per heavy atom. The molecule has 158 valence electrons. The zero-order chi connectivity index (χ0) is 21.3. The molecule has 1 aliphatic heterocycles. The number of ketones is 1. The predicted molar refractivity (Wildman–Crippen MR) is 126 cm³/mol. The minimum absolute atomic E-state index is 0.307. The smallest absolute Gasteiger partial charge is 0.163 e. The number of carbonyl (C=O) groups excluding carboxylic acids is 1. The van der Waals surface area contributed by atoms with Gasteiger partial charge in [0, 0.05) is 12.0 Å². The third-order valence-corrected chi connectivity index (χ3v) is 7.27. The first-order valence-corrected chi connectivity index (χ1v) is 11.7. The molecule has 2 atom stereocenters.